The van der Waals surface area contributed by atoms with Gasteiger partial charge in [0.2, 0.25) is 5.91 Å². The van der Waals surface area contributed by atoms with Crippen LogP contribution in [0.1, 0.15) is 42.8 Å². The van der Waals surface area contributed by atoms with E-state index < -0.39 is 0 Å². The molecule has 0 bridgehead atoms. The van der Waals surface area contributed by atoms with Gasteiger partial charge in [-0.1, -0.05) is 30.2 Å². The highest BCUT2D eigenvalue weighted by molar-refractivity contribution is 7.09. The lowest BCUT2D eigenvalue weighted by atomic mass is 9.98. The van der Waals surface area contributed by atoms with Gasteiger partial charge in [0.1, 0.15) is 10.5 Å². The highest BCUT2D eigenvalue weighted by atomic mass is 32.1. The molecule has 2 heterocycles. The summed E-state index contributed by atoms with van der Waals surface area (Å²) >= 11 is 1.60. The molecule has 1 aromatic carbocycles. The smallest absolute Gasteiger partial charge is 0.277 e. The molecule has 2 aromatic heterocycles. The van der Waals surface area contributed by atoms with Crippen molar-refractivity contribution in [1.82, 2.24) is 25.3 Å². The summed E-state index contributed by atoms with van der Waals surface area (Å²) in [6.07, 6.45) is 4.14. The molecular formula is C19H21N5O2S. The summed E-state index contributed by atoms with van der Waals surface area (Å²) in [6, 6.07) is 7.08. The van der Waals surface area contributed by atoms with Crippen LogP contribution in [-0.2, 0) is 16.9 Å². The molecule has 0 aliphatic heterocycles. The Kier molecular flexibility index (Phi) is 4.73. The van der Waals surface area contributed by atoms with Crippen molar-refractivity contribution in [3.05, 3.63) is 50.7 Å². The zero-order valence-corrected chi connectivity index (χ0v) is 16.0. The number of nitrogens with one attached hydrogen (secondary N) is 1. The Balaban J connectivity index is 1.48. The van der Waals surface area contributed by atoms with E-state index in [9.17, 15) is 9.59 Å². The molecule has 7 nitrogen and oxygen atoms in total. The quantitative estimate of drug-likeness (QED) is 0.731. The minimum atomic E-state index is -0.365. The number of thiazole rings is 1. The summed E-state index contributed by atoms with van der Waals surface area (Å²) in [5.41, 5.74) is 0.955. The van der Waals surface area contributed by atoms with Gasteiger partial charge in [0.05, 0.1) is 17.5 Å². The van der Waals surface area contributed by atoms with E-state index in [2.05, 4.69) is 20.6 Å². The SMILES string of the molecule is Cc1csc(C2(NC(=O)CCn3nnc4ccccc4c3=O)CCCC2)n1. The number of nitrogens with zero attached hydrogens (tertiary/aromatic N) is 4. The van der Waals surface area contributed by atoms with E-state index in [0.717, 1.165) is 36.4 Å². The third kappa shape index (κ3) is 3.49. The van der Waals surface area contributed by atoms with Crippen molar-refractivity contribution in [1.29, 1.82) is 0 Å². The molecule has 1 amide bonds. The van der Waals surface area contributed by atoms with Crippen molar-refractivity contribution in [3.8, 4) is 0 Å². The summed E-state index contributed by atoms with van der Waals surface area (Å²) in [5, 5.41) is 14.7. The summed E-state index contributed by atoms with van der Waals surface area (Å²) < 4.78 is 1.26. The number of carbonyl (C=O) groups excluding carboxylic acids is 1. The number of aromatic nitrogens is 4. The maximum Gasteiger partial charge on any atom is 0.277 e. The molecule has 8 heteroatoms. The van der Waals surface area contributed by atoms with Gasteiger partial charge >= 0.3 is 0 Å². The Hall–Kier alpha value is -2.61. The summed E-state index contributed by atoms with van der Waals surface area (Å²) in [7, 11) is 0. The van der Waals surface area contributed by atoms with Gasteiger partial charge in [-0.25, -0.2) is 9.67 Å². The molecular weight excluding hydrogens is 362 g/mol. The Morgan fingerprint density at radius 1 is 1.30 bits per heavy atom. The van der Waals surface area contributed by atoms with Gasteiger partial charge < -0.3 is 5.32 Å². The van der Waals surface area contributed by atoms with Crippen LogP contribution in [0.5, 0.6) is 0 Å². The van der Waals surface area contributed by atoms with Gasteiger partial charge in [0.25, 0.3) is 5.56 Å². The number of benzene rings is 1. The first-order valence-corrected chi connectivity index (χ1v) is 10.0. The molecule has 140 valence electrons. The predicted octanol–water partition coefficient (Wildman–Crippen LogP) is 2.53. The van der Waals surface area contributed by atoms with Gasteiger partial charge in [0, 0.05) is 17.5 Å². The molecule has 1 aliphatic carbocycles. The van der Waals surface area contributed by atoms with E-state index in [-0.39, 0.29) is 30.0 Å². The normalized spacial score (nSPS) is 15.9. The molecule has 1 saturated carbocycles. The van der Waals surface area contributed by atoms with E-state index in [1.165, 1.54) is 4.68 Å². The van der Waals surface area contributed by atoms with Crippen LogP contribution in [0.2, 0.25) is 0 Å². The highest BCUT2D eigenvalue weighted by Crippen LogP contribution is 2.40. The van der Waals surface area contributed by atoms with Crippen LogP contribution in [0.15, 0.2) is 34.4 Å². The van der Waals surface area contributed by atoms with Gasteiger partial charge in [0.15, 0.2) is 0 Å². The van der Waals surface area contributed by atoms with Crippen molar-refractivity contribution in [2.75, 3.05) is 0 Å². The highest BCUT2D eigenvalue weighted by Gasteiger charge is 2.39. The first-order valence-electron chi connectivity index (χ1n) is 9.14. The number of carbonyl (C=O) groups is 1. The number of hydrogen-bond acceptors (Lipinski definition) is 6. The first-order chi connectivity index (χ1) is 13.1. The average molecular weight is 383 g/mol. The molecule has 4 rings (SSSR count). The van der Waals surface area contributed by atoms with Gasteiger partial charge in [-0.15, -0.1) is 16.4 Å². The largest absolute Gasteiger partial charge is 0.344 e. The maximum absolute atomic E-state index is 12.6. The first kappa shape index (κ1) is 17.8. The summed E-state index contributed by atoms with van der Waals surface area (Å²) in [5.74, 6) is -0.0911. The van der Waals surface area contributed by atoms with E-state index in [4.69, 9.17) is 0 Å². The second-order valence-corrected chi connectivity index (χ2v) is 7.87. The lowest BCUT2D eigenvalue weighted by Gasteiger charge is -2.28. The fraction of sp³-hybridized carbons (Fsp3) is 0.421. The van der Waals surface area contributed by atoms with E-state index >= 15 is 0 Å². The minimum Gasteiger partial charge on any atom is -0.344 e. The molecule has 0 saturated heterocycles. The third-order valence-electron chi connectivity index (χ3n) is 5.04. The average Bonchev–Trinajstić information content (AvgIpc) is 3.31. The van der Waals surface area contributed by atoms with Crippen molar-refractivity contribution < 1.29 is 4.79 Å². The molecule has 1 N–H and O–H groups in total. The van der Waals surface area contributed by atoms with Crippen LogP contribution < -0.4 is 10.9 Å². The second kappa shape index (κ2) is 7.19. The van der Waals surface area contributed by atoms with Gasteiger partial charge in [-0.05, 0) is 31.9 Å². The van der Waals surface area contributed by atoms with Crippen molar-refractivity contribution >= 4 is 28.1 Å². The topological polar surface area (TPSA) is 89.8 Å². The molecule has 0 atom stereocenters. The fourth-order valence-corrected chi connectivity index (χ4v) is 4.66. The van der Waals surface area contributed by atoms with Crippen LogP contribution in [0.4, 0.5) is 0 Å². The molecule has 1 aliphatic rings. The van der Waals surface area contributed by atoms with Crippen LogP contribution in [0, 0.1) is 6.92 Å². The van der Waals surface area contributed by atoms with Crippen LogP contribution in [0.25, 0.3) is 10.9 Å². The molecule has 1 fully saturated rings. The maximum atomic E-state index is 12.6. The van der Waals surface area contributed by atoms with Gasteiger partial charge in [-0.2, -0.15) is 0 Å². The summed E-state index contributed by atoms with van der Waals surface area (Å²) in [6.45, 7) is 2.17. The van der Waals surface area contributed by atoms with Crippen molar-refractivity contribution in [2.45, 2.75) is 51.1 Å². The Morgan fingerprint density at radius 3 is 2.81 bits per heavy atom. The van der Waals surface area contributed by atoms with E-state index in [1.807, 2.05) is 18.4 Å². The monoisotopic (exact) mass is 383 g/mol. The van der Waals surface area contributed by atoms with Crippen LogP contribution in [-0.4, -0.2) is 25.9 Å². The minimum absolute atomic E-state index is 0.0911. The number of amides is 1. The zero-order valence-electron chi connectivity index (χ0n) is 15.1. The second-order valence-electron chi connectivity index (χ2n) is 7.02. The van der Waals surface area contributed by atoms with Crippen LogP contribution >= 0.6 is 11.3 Å². The molecule has 0 radical (unpaired) electrons. The molecule has 27 heavy (non-hydrogen) atoms. The number of aryl methyl sites for hydroxylation is 2. The standard InChI is InChI=1S/C19H21N5O2S/c1-13-12-27-18(20-13)19(9-4-5-10-19)21-16(25)8-11-24-17(26)14-6-2-3-7-15(14)22-23-24/h2-3,6-7,12H,4-5,8-11H2,1H3,(H,21,25). The third-order valence-corrected chi connectivity index (χ3v) is 6.21. The molecule has 3 aromatic rings. The number of rotatable bonds is 5. The Morgan fingerprint density at radius 2 is 2.07 bits per heavy atom. The summed E-state index contributed by atoms with van der Waals surface area (Å²) in [4.78, 5) is 29.7. The Labute approximate surface area is 160 Å². The lowest BCUT2D eigenvalue weighted by Crippen LogP contribution is -2.44. The molecule has 0 spiro atoms. The van der Waals surface area contributed by atoms with Gasteiger partial charge in [-0.3, -0.25) is 9.59 Å². The van der Waals surface area contributed by atoms with E-state index in [0.29, 0.717) is 10.9 Å². The van der Waals surface area contributed by atoms with E-state index in [1.54, 1.807) is 29.5 Å². The Bertz CT molecular complexity index is 1040. The van der Waals surface area contributed by atoms with Crippen molar-refractivity contribution in [2.24, 2.45) is 0 Å². The number of fused-ring (bicyclic) bond motifs is 1. The van der Waals surface area contributed by atoms with Crippen LogP contribution in [0.3, 0.4) is 0 Å². The number of hydrogen-bond donors (Lipinski definition) is 1. The predicted molar refractivity (Wildman–Crippen MR) is 104 cm³/mol. The zero-order chi connectivity index (χ0) is 18.9. The van der Waals surface area contributed by atoms with Crippen molar-refractivity contribution in [3.63, 3.8) is 0 Å². The fourth-order valence-electron chi connectivity index (χ4n) is 3.65. The molecule has 0 unspecified atom stereocenters. The lowest BCUT2D eigenvalue weighted by molar-refractivity contribution is -0.123.